The molecule has 1 saturated heterocycles. The van der Waals surface area contributed by atoms with Crippen molar-refractivity contribution in [2.45, 2.75) is 19.8 Å². The summed E-state index contributed by atoms with van der Waals surface area (Å²) in [7, 11) is 1.98. The van der Waals surface area contributed by atoms with Gasteiger partial charge in [0.15, 0.2) is 5.82 Å². The zero-order valence-corrected chi connectivity index (χ0v) is 20.8. The first-order valence-corrected chi connectivity index (χ1v) is 12.8. The van der Waals surface area contributed by atoms with Gasteiger partial charge in [-0.1, -0.05) is 0 Å². The van der Waals surface area contributed by atoms with Crippen LogP contribution in [-0.2, 0) is 7.05 Å². The number of nitrogens with one attached hydrogen (secondary N) is 1. The number of ether oxygens (including phenoxy) is 1. The van der Waals surface area contributed by atoms with E-state index in [-0.39, 0.29) is 0 Å². The lowest BCUT2D eigenvalue weighted by Gasteiger charge is -2.15. The second-order valence-corrected chi connectivity index (χ2v) is 10.6. The summed E-state index contributed by atoms with van der Waals surface area (Å²) in [5.41, 5.74) is 5.76. The van der Waals surface area contributed by atoms with Crippen molar-refractivity contribution in [2.75, 3.05) is 21.9 Å². The SMILES string of the molecule is Cc1cc(Nc2ncnc3cnc(N4CC5(CC5)CS4)nc23)ccc1Oc1ccc2c(c1)ncn2C. The molecule has 3 aromatic heterocycles. The lowest BCUT2D eigenvalue weighted by atomic mass is 10.1. The molecule has 0 bridgehead atoms. The standard InChI is InChI=1S/C26H24N8OS/c1-16-9-17(3-6-22(16)35-18-4-5-21-19(10-18)30-15-33(21)2)31-24-23-20(28-14-29-24)11-27-25(32-23)34-12-26(7-8-26)13-36-34/h3-6,9-11,14-15H,7-8,12-13H2,1-2H3,(H,28,29,31). The zero-order valence-electron chi connectivity index (χ0n) is 20.0. The van der Waals surface area contributed by atoms with Gasteiger partial charge >= 0.3 is 0 Å². The first kappa shape index (κ1) is 21.4. The highest BCUT2D eigenvalue weighted by atomic mass is 32.2. The smallest absolute Gasteiger partial charge is 0.236 e. The molecule has 9 nitrogen and oxygen atoms in total. The Labute approximate surface area is 212 Å². The highest BCUT2D eigenvalue weighted by Gasteiger charge is 2.49. The number of rotatable bonds is 5. The van der Waals surface area contributed by atoms with Gasteiger partial charge in [-0.3, -0.25) is 4.31 Å². The molecule has 0 radical (unpaired) electrons. The molecule has 0 amide bonds. The number of hydrogen-bond donors (Lipinski definition) is 1. The normalized spacial score (nSPS) is 16.2. The number of hydrogen-bond acceptors (Lipinski definition) is 9. The lowest BCUT2D eigenvalue weighted by molar-refractivity contribution is 0.479. The van der Waals surface area contributed by atoms with E-state index in [1.165, 1.54) is 19.2 Å². The molecule has 0 unspecified atom stereocenters. The van der Waals surface area contributed by atoms with E-state index in [9.17, 15) is 0 Å². The van der Waals surface area contributed by atoms with Crippen LogP contribution in [0.1, 0.15) is 18.4 Å². The summed E-state index contributed by atoms with van der Waals surface area (Å²) >= 11 is 1.82. The van der Waals surface area contributed by atoms with Gasteiger partial charge in [-0.05, 0) is 73.0 Å². The Morgan fingerprint density at radius 2 is 1.94 bits per heavy atom. The molecular weight excluding hydrogens is 472 g/mol. The number of imidazole rings is 1. The molecule has 2 aromatic carbocycles. The molecule has 36 heavy (non-hydrogen) atoms. The van der Waals surface area contributed by atoms with Crippen molar-refractivity contribution in [2.24, 2.45) is 12.5 Å². The van der Waals surface area contributed by atoms with Gasteiger partial charge in [0.1, 0.15) is 28.9 Å². The maximum Gasteiger partial charge on any atom is 0.236 e. The van der Waals surface area contributed by atoms with E-state index in [2.05, 4.69) is 29.6 Å². The third-order valence-corrected chi connectivity index (χ3v) is 8.26. The second-order valence-electron chi connectivity index (χ2n) is 9.65. The highest BCUT2D eigenvalue weighted by Crippen LogP contribution is 2.54. The Morgan fingerprint density at radius 3 is 2.78 bits per heavy atom. The molecule has 1 N–H and O–H groups in total. The quantitative estimate of drug-likeness (QED) is 0.321. The van der Waals surface area contributed by atoms with Crippen LogP contribution in [0.25, 0.3) is 22.1 Å². The van der Waals surface area contributed by atoms with Crippen LogP contribution < -0.4 is 14.4 Å². The molecule has 2 aliphatic rings. The Bertz CT molecular complexity index is 1630. The van der Waals surface area contributed by atoms with E-state index in [0.717, 1.165) is 52.0 Å². The number of aromatic nitrogens is 6. The number of aryl methyl sites for hydroxylation is 2. The summed E-state index contributed by atoms with van der Waals surface area (Å²) in [6.45, 7) is 3.03. The minimum absolute atomic E-state index is 0.474. The minimum atomic E-state index is 0.474. The fourth-order valence-corrected chi connectivity index (χ4v) is 5.94. The van der Waals surface area contributed by atoms with E-state index in [4.69, 9.17) is 9.72 Å². The number of nitrogens with zero attached hydrogens (tertiary/aromatic N) is 7. The summed E-state index contributed by atoms with van der Waals surface area (Å²) in [6, 6.07) is 11.9. The Kier molecular flexibility index (Phi) is 4.78. The molecular formula is C26H24N8OS. The average molecular weight is 497 g/mol. The van der Waals surface area contributed by atoms with Crippen LogP contribution in [0.15, 0.2) is 55.2 Å². The van der Waals surface area contributed by atoms with Gasteiger partial charge in [0, 0.05) is 31.1 Å². The van der Waals surface area contributed by atoms with Crippen LogP contribution in [0.3, 0.4) is 0 Å². The fourth-order valence-electron chi connectivity index (χ4n) is 4.56. The largest absolute Gasteiger partial charge is 0.457 e. The molecule has 2 fully saturated rings. The third-order valence-electron chi connectivity index (χ3n) is 6.91. The van der Waals surface area contributed by atoms with Crippen LogP contribution in [0.2, 0.25) is 0 Å². The van der Waals surface area contributed by atoms with Gasteiger partial charge in [-0.2, -0.15) is 0 Å². The summed E-state index contributed by atoms with van der Waals surface area (Å²) in [5, 5.41) is 3.42. The highest BCUT2D eigenvalue weighted by molar-refractivity contribution is 8.00. The van der Waals surface area contributed by atoms with Crippen molar-refractivity contribution in [1.82, 2.24) is 29.5 Å². The topological polar surface area (TPSA) is 93.9 Å². The monoisotopic (exact) mass is 496 g/mol. The van der Waals surface area contributed by atoms with Crippen LogP contribution >= 0.6 is 11.9 Å². The molecule has 180 valence electrons. The second kappa shape index (κ2) is 8.06. The lowest BCUT2D eigenvalue weighted by Crippen LogP contribution is -2.17. The van der Waals surface area contributed by atoms with Gasteiger partial charge in [-0.25, -0.2) is 24.9 Å². The van der Waals surface area contributed by atoms with E-state index in [1.807, 2.05) is 66.9 Å². The molecule has 5 aromatic rings. The van der Waals surface area contributed by atoms with Gasteiger partial charge in [0.2, 0.25) is 5.95 Å². The molecule has 0 atom stereocenters. The fraction of sp³-hybridized carbons (Fsp3) is 0.269. The van der Waals surface area contributed by atoms with Crippen molar-refractivity contribution >= 4 is 51.5 Å². The molecule has 1 saturated carbocycles. The van der Waals surface area contributed by atoms with Crippen molar-refractivity contribution in [3.8, 4) is 11.5 Å². The van der Waals surface area contributed by atoms with Gasteiger partial charge < -0.3 is 14.6 Å². The first-order chi connectivity index (χ1) is 17.6. The molecule has 4 heterocycles. The van der Waals surface area contributed by atoms with Crippen LogP contribution in [0, 0.1) is 12.3 Å². The predicted molar refractivity (Wildman–Crippen MR) is 142 cm³/mol. The summed E-state index contributed by atoms with van der Waals surface area (Å²) in [6.07, 6.45) is 7.73. The van der Waals surface area contributed by atoms with Gasteiger partial charge in [0.25, 0.3) is 0 Å². The molecule has 1 spiro atoms. The zero-order chi connectivity index (χ0) is 24.3. The van der Waals surface area contributed by atoms with Crippen molar-refractivity contribution in [3.05, 3.63) is 60.8 Å². The Morgan fingerprint density at radius 1 is 1.03 bits per heavy atom. The van der Waals surface area contributed by atoms with Crippen LogP contribution in [-0.4, -0.2) is 41.8 Å². The summed E-state index contributed by atoms with van der Waals surface area (Å²) in [4.78, 5) is 22.7. The van der Waals surface area contributed by atoms with Crippen LogP contribution in [0.4, 0.5) is 17.5 Å². The average Bonchev–Trinajstić information content (AvgIpc) is 3.36. The minimum Gasteiger partial charge on any atom is -0.457 e. The molecule has 7 rings (SSSR count). The Balaban J connectivity index is 1.14. The molecule has 10 heteroatoms. The summed E-state index contributed by atoms with van der Waals surface area (Å²) in [5.74, 6) is 4.06. The number of anilines is 3. The van der Waals surface area contributed by atoms with Crippen molar-refractivity contribution in [3.63, 3.8) is 0 Å². The van der Waals surface area contributed by atoms with Crippen molar-refractivity contribution in [1.29, 1.82) is 0 Å². The van der Waals surface area contributed by atoms with E-state index in [0.29, 0.717) is 22.3 Å². The van der Waals surface area contributed by atoms with Gasteiger partial charge in [-0.15, -0.1) is 0 Å². The maximum atomic E-state index is 6.17. The maximum absolute atomic E-state index is 6.17. The predicted octanol–water partition coefficient (Wildman–Crippen LogP) is 5.40. The van der Waals surface area contributed by atoms with E-state index in [1.54, 1.807) is 12.5 Å². The Hall–Kier alpha value is -3.92. The number of benzene rings is 2. The van der Waals surface area contributed by atoms with E-state index >= 15 is 0 Å². The van der Waals surface area contributed by atoms with Crippen molar-refractivity contribution < 1.29 is 4.74 Å². The summed E-state index contributed by atoms with van der Waals surface area (Å²) < 4.78 is 10.4. The number of fused-ring (bicyclic) bond motifs is 2. The van der Waals surface area contributed by atoms with Crippen LogP contribution in [0.5, 0.6) is 11.5 Å². The van der Waals surface area contributed by atoms with E-state index < -0.39 is 0 Å². The molecule has 1 aliphatic carbocycles. The third kappa shape index (κ3) is 3.78. The first-order valence-electron chi connectivity index (χ1n) is 11.9. The van der Waals surface area contributed by atoms with Gasteiger partial charge in [0.05, 0.1) is 23.6 Å². The molecule has 1 aliphatic heterocycles.